The fraction of sp³-hybridized carbons (Fsp3) is 0.312. The highest BCUT2D eigenvalue weighted by molar-refractivity contribution is 6.07. The Labute approximate surface area is 225 Å². The van der Waals surface area contributed by atoms with Gasteiger partial charge in [0.2, 0.25) is 0 Å². The maximum atomic E-state index is 13.3. The smallest absolute Gasteiger partial charge is 0.252 e. The van der Waals surface area contributed by atoms with Crippen LogP contribution in [0, 0.1) is 0 Å². The fourth-order valence-electron chi connectivity index (χ4n) is 5.01. The first kappa shape index (κ1) is 25.9. The number of benzene rings is 3. The molecule has 38 heavy (non-hydrogen) atoms. The standard InChI is InChI=1S/C32H36N4O2/c1-2-38-27-15-13-26(14-16-27)31-23-29(28-11-6-7-12-30(28)34-31)32(37)33-17-8-18-35-19-21-36(22-20-35)24-25-9-4-3-5-10-25/h3-7,9-16,23H,2,8,17-22,24H2,1H3,(H,33,37). The van der Waals surface area contributed by atoms with Crippen LogP contribution in [0.15, 0.2) is 84.9 Å². The Balaban J connectivity index is 1.15. The number of hydrogen-bond acceptors (Lipinski definition) is 5. The van der Waals surface area contributed by atoms with E-state index in [0.29, 0.717) is 18.7 Å². The maximum absolute atomic E-state index is 13.3. The third-order valence-electron chi connectivity index (χ3n) is 7.07. The van der Waals surface area contributed by atoms with E-state index in [4.69, 9.17) is 9.72 Å². The Morgan fingerprint density at radius 2 is 1.61 bits per heavy atom. The maximum Gasteiger partial charge on any atom is 0.252 e. The molecule has 0 bridgehead atoms. The summed E-state index contributed by atoms with van der Waals surface area (Å²) in [6.45, 7) is 9.56. The second kappa shape index (κ2) is 12.7. The third kappa shape index (κ3) is 6.57. The van der Waals surface area contributed by atoms with E-state index < -0.39 is 0 Å². The second-order valence-electron chi connectivity index (χ2n) is 9.74. The molecule has 0 saturated carbocycles. The van der Waals surface area contributed by atoms with E-state index in [0.717, 1.165) is 73.6 Å². The molecule has 3 aromatic carbocycles. The van der Waals surface area contributed by atoms with E-state index in [1.807, 2.05) is 61.5 Å². The molecule has 1 aromatic heterocycles. The van der Waals surface area contributed by atoms with Crippen molar-refractivity contribution in [1.82, 2.24) is 20.1 Å². The van der Waals surface area contributed by atoms with E-state index in [-0.39, 0.29) is 5.91 Å². The number of amides is 1. The molecule has 1 fully saturated rings. The van der Waals surface area contributed by atoms with Crippen LogP contribution in [0.1, 0.15) is 29.3 Å². The summed E-state index contributed by atoms with van der Waals surface area (Å²) in [6, 6.07) is 28.3. The summed E-state index contributed by atoms with van der Waals surface area (Å²) in [6.07, 6.45) is 0.930. The van der Waals surface area contributed by atoms with Gasteiger partial charge in [0.1, 0.15) is 5.75 Å². The van der Waals surface area contributed by atoms with Gasteiger partial charge in [0, 0.05) is 50.2 Å². The zero-order chi connectivity index (χ0) is 26.2. The quantitative estimate of drug-likeness (QED) is 0.297. The lowest BCUT2D eigenvalue weighted by Crippen LogP contribution is -2.46. The van der Waals surface area contributed by atoms with Crippen molar-refractivity contribution in [3.63, 3.8) is 0 Å². The Morgan fingerprint density at radius 3 is 2.37 bits per heavy atom. The van der Waals surface area contributed by atoms with Crippen LogP contribution in [0.25, 0.3) is 22.2 Å². The number of rotatable bonds is 10. The highest BCUT2D eigenvalue weighted by atomic mass is 16.5. The number of ether oxygens (including phenoxy) is 1. The minimum atomic E-state index is -0.0523. The molecule has 1 N–H and O–H groups in total. The van der Waals surface area contributed by atoms with Gasteiger partial charge in [-0.25, -0.2) is 4.98 Å². The van der Waals surface area contributed by atoms with E-state index in [1.165, 1.54) is 5.56 Å². The van der Waals surface area contributed by atoms with Crippen molar-refractivity contribution in [1.29, 1.82) is 0 Å². The van der Waals surface area contributed by atoms with Crippen molar-refractivity contribution in [2.75, 3.05) is 45.9 Å². The number of para-hydroxylation sites is 1. The van der Waals surface area contributed by atoms with E-state index in [9.17, 15) is 4.79 Å². The molecule has 6 nitrogen and oxygen atoms in total. The molecule has 2 heterocycles. The first-order chi connectivity index (χ1) is 18.7. The summed E-state index contributed by atoms with van der Waals surface area (Å²) in [4.78, 5) is 23.1. The molecule has 1 aliphatic heterocycles. The molecule has 1 amide bonds. The first-order valence-electron chi connectivity index (χ1n) is 13.6. The van der Waals surface area contributed by atoms with Crippen LogP contribution in [-0.4, -0.2) is 66.6 Å². The molecule has 0 spiro atoms. The number of fused-ring (bicyclic) bond motifs is 1. The average molecular weight is 509 g/mol. The minimum Gasteiger partial charge on any atom is -0.494 e. The zero-order valence-corrected chi connectivity index (χ0v) is 22.1. The Hall–Kier alpha value is -3.74. The predicted octanol–water partition coefficient (Wildman–Crippen LogP) is 5.24. The number of nitrogens with one attached hydrogen (secondary N) is 1. The molecule has 0 atom stereocenters. The Bertz CT molecular complexity index is 1330. The number of hydrogen-bond donors (Lipinski definition) is 1. The molecule has 5 rings (SSSR count). The van der Waals surface area contributed by atoms with Gasteiger partial charge in [0.15, 0.2) is 0 Å². The van der Waals surface area contributed by atoms with Crippen molar-refractivity contribution in [3.05, 3.63) is 96.1 Å². The van der Waals surface area contributed by atoms with Gasteiger partial charge in [-0.1, -0.05) is 48.5 Å². The lowest BCUT2D eigenvalue weighted by molar-refractivity contribution is 0.0948. The van der Waals surface area contributed by atoms with Crippen molar-refractivity contribution >= 4 is 16.8 Å². The average Bonchev–Trinajstić information content (AvgIpc) is 2.96. The van der Waals surface area contributed by atoms with Crippen molar-refractivity contribution < 1.29 is 9.53 Å². The monoisotopic (exact) mass is 508 g/mol. The van der Waals surface area contributed by atoms with Crippen LogP contribution in [0.4, 0.5) is 0 Å². The topological polar surface area (TPSA) is 57.7 Å². The predicted molar refractivity (Wildman–Crippen MR) is 153 cm³/mol. The molecule has 4 aromatic rings. The van der Waals surface area contributed by atoms with E-state index >= 15 is 0 Å². The minimum absolute atomic E-state index is 0.0523. The summed E-state index contributed by atoms with van der Waals surface area (Å²) in [5.74, 6) is 0.774. The van der Waals surface area contributed by atoms with Crippen LogP contribution in [0.5, 0.6) is 5.75 Å². The summed E-state index contributed by atoms with van der Waals surface area (Å²) in [5.41, 5.74) is 4.59. The Morgan fingerprint density at radius 1 is 0.895 bits per heavy atom. The zero-order valence-electron chi connectivity index (χ0n) is 22.1. The van der Waals surface area contributed by atoms with Gasteiger partial charge in [-0.05, 0) is 61.9 Å². The highest BCUT2D eigenvalue weighted by Gasteiger charge is 2.17. The second-order valence-corrected chi connectivity index (χ2v) is 9.74. The summed E-state index contributed by atoms with van der Waals surface area (Å²) in [7, 11) is 0. The molecule has 0 aliphatic carbocycles. The van der Waals surface area contributed by atoms with Gasteiger partial charge >= 0.3 is 0 Å². The van der Waals surface area contributed by atoms with Crippen LogP contribution in [0.2, 0.25) is 0 Å². The molecular weight excluding hydrogens is 472 g/mol. The fourth-order valence-corrected chi connectivity index (χ4v) is 5.01. The number of carbonyl (C=O) groups is 1. The van der Waals surface area contributed by atoms with Crippen LogP contribution in [0.3, 0.4) is 0 Å². The van der Waals surface area contributed by atoms with E-state index in [2.05, 4.69) is 45.4 Å². The van der Waals surface area contributed by atoms with Gasteiger partial charge in [-0.15, -0.1) is 0 Å². The summed E-state index contributed by atoms with van der Waals surface area (Å²) >= 11 is 0. The lowest BCUT2D eigenvalue weighted by Gasteiger charge is -2.34. The third-order valence-corrected chi connectivity index (χ3v) is 7.07. The summed E-state index contributed by atoms with van der Waals surface area (Å²) in [5, 5.41) is 4.02. The van der Waals surface area contributed by atoms with Gasteiger partial charge in [0.25, 0.3) is 5.91 Å². The molecule has 196 valence electrons. The summed E-state index contributed by atoms with van der Waals surface area (Å²) < 4.78 is 5.57. The van der Waals surface area contributed by atoms with Crippen molar-refractivity contribution in [2.45, 2.75) is 19.9 Å². The molecule has 0 radical (unpaired) electrons. The Kier molecular flexibility index (Phi) is 8.64. The lowest BCUT2D eigenvalue weighted by atomic mass is 10.0. The van der Waals surface area contributed by atoms with Crippen LogP contribution < -0.4 is 10.1 Å². The highest BCUT2D eigenvalue weighted by Crippen LogP contribution is 2.26. The number of pyridine rings is 1. The van der Waals surface area contributed by atoms with Crippen LogP contribution >= 0.6 is 0 Å². The first-order valence-corrected chi connectivity index (χ1v) is 13.6. The van der Waals surface area contributed by atoms with Gasteiger partial charge in [-0.3, -0.25) is 9.69 Å². The normalized spacial score (nSPS) is 14.4. The van der Waals surface area contributed by atoms with Gasteiger partial charge in [-0.2, -0.15) is 0 Å². The van der Waals surface area contributed by atoms with E-state index in [1.54, 1.807) is 0 Å². The van der Waals surface area contributed by atoms with Gasteiger partial charge in [0.05, 0.1) is 23.4 Å². The molecule has 6 heteroatoms. The van der Waals surface area contributed by atoms with Gasteiger partial charge < -0.3 is 15.0 Å². The SMILES string of the molecule is CCOc1ccc(-c2cc(C(=O)NCCCN3CCN(Cc4ccccc4)CC3)c3ccccc3n2)cc1. The molecule has 0 unspecified atom stereocenters. The number of nitrogens with zero attached hydrogens (tertiary/aromatic N) is 3. The molecule has 1 saturated heterocycles. The molecular formula is C32H36N4O2. The van der Waals surface area contributed by atoms with Crippen LogP contribution in [-0.2, 0) is 6.54 Å². The largest absolute Gasteiger partial charge is 0.494 e. The number of piperazine rings is 1. The van der Waals surface area contributed by atoms with Crippen molar-refractivity contribution in [2.24, 2.45) is 0 Å². The van der Waals surface area contributed by atoms with Crippen molar-refractivity contribution in [3.8, 4) is 17.0 Å². The number of aromatic nitrogens is 1. The molecule has 1 aliphatic rings. The number of carbonyl (C=O) groups excluding carboxylic acids is 1.